The minimum atomic E-state index is -0.598. The van der Waals surface area contributed by atoms with Crippen molar-refractivity contribution in [1.82, 2.24) is 0 Å². The van der Waals surface area contributed by atoms with Crippen molar-refractivity contribution in [3.8, 4) is 5.75 Å². The van der Waals surface area contributed by atoms with Gasteiger partial charge in [0, 0.05) is 0 Å². The van der Waals surface area contributed by atoms with Gasteiger partial charge in [0.2, 0.25) is 0 Å². The molecule has 2 aromatic rings. The van der Waals surface area contributed by atoms with E-state index in [1.54, 1.807) is 7.11 Å². The highest BCUT2D eigenvalue weighted by Crippen LogP contribution is 2.32. The summed E-state index contributed by atoms with van der Waals surface area (Å²) in [5.41, 5.74) is 6.24. The van der Waals surface area contributed by atoms with E-state index in [9.17, 15) is 5.11 Å². The summed E-state index contributed by atoms with van der Waals surface area (Å²) < 4.78 is 5.38. The quantitative estimate of drug-likeness (QED) is 0.913. The van der Waals surface area contributed by atoms with Crippen LogP contribution in [0.5, 0.6) is 5.75 Å². The van der Waals surface area contributed by atoms with Gasteiger partial charge in [-0.05, 0) is 73.2 Å². The molecule has 2 heteroatoms. The molecule has 0 amide bonds. The van der Waals surface area contributed by atoms with Crippen molar-refractivity contribution in [3.05, 3.63) is 63.7 Å². The van der Waals surface area contributed by atoms with Gasteiger partial charge in [0.15, 0.2) is 0 Å². The molecular weight excluding hydrogens is 248 g/mol. The van der Waals surface area contributed by atoms with E-state index in [1.807, 2.05) is 58.0 Å². The van der Waals surface area contributed by atoms with Crippen molar-refractivity contribution < 1.29 is 9.84 Å². The van der Waals surface area contributed by atoms with Crippen LogP contribution in [0.25, 0.3) is 0 Å². The lowest BCUT2D eigenvalue weighted by Gasteiger charge is -2.19. The second-order valence-electron chi connectivity index (χ2n) is 5.40. The number of ether oxygens (including phenoxy) is 1. The molecule has 0 spiro atoms. The van der Waals surface area contributed by atoms with Crippen LogP contribution in [-0.4, -0.2) is 12.2 Å². The molecule has 0 aliphatic heterocycles. The van der Waals surface area contributed by atoms with Crippen molar-refractivity contribution >= 4 is 0 Å². The predicted molar refractivity (Wildman–Crippen MR) is 82.4 cm³/mol. The molecule has 0 aliphatic carbocycles. The molecule has 106 valence electrons. The number of aliphatic hydroxyl groups is 1. The fraction of sp³-hybridized carbons (Fsp3) is 0.333. The Balaban J connectivity index is 2.52. The second-order valence-corrected chi connectivity index (χ2v) is 5.40. The largest absolute Gasteiger partial charge is 0.496 e. The zero-order valence-electron chi connectivity index (χ0n) is 12.8. The minimum Gasteiger partial charge on any atom is -0.496 e. The molecule has 1 atom stereocenters. The number of aryl methyl sites for hydroxylation is 4. The first-order valence-electron chi connectivity index (χ1n) is 6.85. The maximum atomic E-state index is 10.7. The topological polar surface area (TPSA) is 29.5 Å². The Bertz CT molecular complexity index is 586. The van der Waals surface area contributed by atoms with E-state index in [2.05, 4.69) is 0 Å². The van der Waals surface area contributed by atoms with Crippen molar-refractivity contribution in [1.29, 1.82) is 0 Å². The smallest absolute Gasteiger partial charge is 0.124 e. The van der Waals surface area contributed by atoms with Gasteiger partial charge in [0.05, 0.1) is 7.11 Å². The molecule has 20 heavy (non-hydrogen) atoms. The van der Waals surface area contributed by atoms with Crippen LogP contribution in [0, 0.1) is 27.7 Å². The van der Waals surface area contributed by atoms with E-state index in [-0.39, 0.29) is 0 Å². The molecule has 2 nitrogen and oxygen atoms in total. The van der Waals surface area contributed by atoms with Crippen LogP contribution in [0.4, 0.5) is 0 Å². The van der Waals surface area contributed by atoms with Gasteiger partial charge in [-0.25, -0.2) is 0 Å². The normalized spacial score (nSPS) is 12.3. The van der Waals surface area contributed by atoms with E-state index in [0.717, 1.165) is 39.1 Å². The summed E-state index contributed by atoms with van der Waals surface area (Å²) >= 11 is 0. The molecule has 0 aliphatic rings. The number of benzene rings is 2. The fourth-order valence-corrected chi connectivity index (χ4v) is 2.89. The Kier molecular flexibility index (Phi) is 4.15. The number of hydrogen-bond donors (Lipinski definition) is 1. The predicted octanol–water partition coefficient (Wildman–Crippen LogP) is 4.01. The molecule has 0 saturated heterocycles. The molecule has 0 aromatic heterocycles. The molecule has 0 heterocycles. The standard InChI is InChI=1S/C18H22O2/c1-11-7-6-8-12(2)16(11)17(19)15-9-13(3)18(20-5)14(4)10-15/h6-10,17,19H,1-5H3. The summed E-state index contributed by atoms with van der Waals surface area (Å²) in [6, 6.07) is 10.1. The summed E-state index contributed by atoms with van der Waals surface area (Å²) in [7, 11) is 1.68. The summed E-state index contributed by atoms with van der Waals surface area (Å²) in [4.78, 5) is 0. The van der Waals surface area contributed by atoms with Gasteiger partial charge >= 0.3 is 0 Å². The van der Waals surface area contributed by atoms with E-state index in [4.69, 9.17) is 4.74 Å². The third-order valence-corrected chi connectivity index (χ3v) is 3.82. The molecule has 0 radical (unpaired) electrons. The average molecular weight is 270 g/mol. The van der Waals surface area contributed by atoms with Crippen molar-refractivity contribution in [2.75, 3.05) is 7.11 Å². The van der Waals surface area contributed by atoms with Crippen LogP contribution in [-0.2, 0) is 0 Å². The Labute approximate surface area is 121 Å². The number of methoxy groups -OCH3 is 1. The van der Waals surface area contributed by atoms with Gasteiger partial charge in [-0.1, -0.05) is 18.2 Å². The van der Waals surface area contributed by atoms with E-state index < -0.39 is 6.10 Å². The maximum Gasteiger partial charge on any atom is 0.124 e. The Morgan fingerprint density at radius 1 is 0.900 bits per heavy atom. The van der Waals surface area contributed by atoms with Crippen molar-refractivity contribution in [2.24, 2.45) is 0 Å². The summed E-state index contributed by atoms with van der Waals surface area (Å²) in [5, 5.41) is 10.7. The highest BCUT2D eigenvalue weighted by Gasteiger charge is 2.17. The van der Waals surface area contributed by atoms with Gasteiger partial charge < -0.3 is 9.84 Å². The molecule has 2 aromatic carbocycles. The molecule has 2 rings (SSSR count). The van der Waals surface area contributed by atoms with Gasteiger partial charge in [0.25, 0.3) is 0 Å². The highest BCUT2D eigenvalue weighted by atomic mass is 16.5. The third-order valence-electron chi connectivity index (χ3n) is 3.82. The van der Waals surface area contributed by atoms with Crippen LogP contribution in [0.15, 0.2) is 30.3 Å². The molecule has 0 saturated carbocycles. The van der Waals surface area contributed by atoms with Gasteiger partial charge in [-0.3, -0.25) is 0 Å². The molecule has 1 unspecified atom stereocenters. The third kappa shape index (κ3) is 2.56. The van der Waals surface area contributed by atoms with Crippen LogP contribution in [0.3, 0.4) is 0 Å². The van der Waals surface area contributed by atoms with Gasteiger partial charge in [0.1, 0.15) is 11.9 Å². The van der Waals surface area contributed by atoms with Gasteiger partial charge in [-0.15, -0.1) is 0 Å². The van der Waals surface area contributed by atoms with Gasteiger partial charge in [-0.2, -0.15) is 0 Å². The monoisotopic (exact) mass is 270 g/mol. The highest BCUT2D eigenvalue weighted by molar-refractivity contribution is 5.47. The SMILES string of the molecule is COc1c(C)cc(C(O)c2c(C)cccc2C)cc1C. The van der Waals surface area contributed by atoms with Crippen molar-refractivity contribution in [2.45, 2.75) is 33.8 Å². The van der Waals surface area contributed by atoms with E-state index in [0.29, 0.717) is 0 Å². The van der Waals surface area contributed by atoms with Crippen LogP contribution < -0.4 is 4.74 Å². The van der Waals surface area contributed by atoms with Crippen LogP contribution >= 0.6 is 0 Å². The zero-order chi connectivity index (χ0) is 14.9. The number of rotatable bonds is 3. The minimum absolute atomic E-state index is 0.598. The summed E-state index contributed by atoms with van der Waals surface area (Å²) in [5.74, 6) is 0.891. The molecule has 1 N–H and O–H groups in total. The fourth-order valence-electron chi connectivity index (χ4n) is 2.89. The Hall–Kier alpha value is -1.80. The van der Waals surface area contributed by atoms with Crippen LogP contribution in [0.1, 0.15) is 39.5 Å². The van der Waals surface area contributed by atoms with E-state index in [1.165, 1.54) is 0 Å². The first-order valence-corrected chi connectivity index (χ1v) is 6.85. The Morgan fingerprint density at radius 3 is 1.85 bits per heavy atom. The lowest BCUT2D eigenvalue weighted by atomic mass is 9.91. The molecular formula is C18H22O2. The lowest BCUT2D eigenvalue weighted by molar-refractivity contribution is 0.218. The maximum absolute atomic E-state index is 10.7. The lowest BCUT2D eigenvalue weighted by Crippen LogP contribution is -2.06. The van der Waals surface area contributed by atoms with Crippen LogP contribution in [0.2, 0.25) is 0 Å². The Morgan fingerprint density at radius 2 is 1.40 bits per heavy atom. The summed E-state index contributed by atoms with van der Waals surface area (Å²) in [6.07, 6.45) is -0.598. The first kappa shape index (κ1) is 14.6. The zero-order valence-corrected chi connectivity index (χ0v) is 12.8. The average Bonchev–Trinajstić information content (AvgIpc) is 2.37. The molecule has 0 bridgehead atoms. The number of aliphatic hydroxyl groups excluding tert-OH is 1. The number of hydrogen-bond acceptors (Lipinski definition) is 2. The van der Waals surface area contributed by atoms with Crippen molar-refractivity contribution in [3.63, 3.8) is 0 Å². The summed E-state index contributed by atoms with van der Waals surface area (Å²) in [6.45, 7) is 8.09. The second kappa shape index (κ2) is 5.68. The molecule has 0 fully saturated rings. The van der Waals surface area contributed by atoms with E-state index >= 15 is 0 Å². The first-order chi connectivity index (χ1) is 9.45.